The molecule has 1 aliphatic rings. The second-order valence-corrected chi connectivity index (χ2v) is 15.5. The molecule has 6 atom stereocenters. The van der Waals surface area contributed by atoms with Crippen LogP contribution in [0.1, 0.15) is 168 Å². The lowest BCUT2D eigenvalue weighted by molar-refractivity contribution is -0.305. The third-order valence-corrected chi connectivity index (χ3v) is 10.1. The van der Waals surface area contributed by atoms with Gasteiger partial charge in [-0.2, -0.15) is 0 Å². The van der Waals surface area contributed by atoms with E-state index < -0.39 is 49.4 Å². The number of carbonyl (C=O) groups is 2. The summed E-state index contributed by atoms with van der Waals surface area (Å²) in [5.74, 6) is -0.838. The zero-order chi connectivity index (χ0) is 43.0. The van der Waals surface area contributed by atoms with Crippen molar-refractivity contribution in [1.29, 1.82) is 0 Å². The van der Waals surface area contributed by atoms with Crippen molar-refractivity contribution >= 4 is 11.9 Å². The number of carbonyl (C=O) groups excluding carboxylic acids is 2. The van der Waals surface area contributed by atoms with Crippen molar-refractivity contribution in [2.24, 2.45) is 0 Å². The van der Waals surface area contributed by atoms with E-state index in [9.17, 15) is 30.0 Å². The highest BCUT2D eigenvalue weighted by molar-refractivity contribution is 5.70. The Balaban J connectivity index is 2.29. The Morgan fingerprint density at radius 2 is 1.03 bits per heavy atom. The minimum Gasteiger partial charge on any atom is -0.462 e. The first-order chi connectivity index (χ1) is 28.8. The number of rotatable bonds is 37. The number of aliphatic hydroxyl groups excluding tert-OH is 4. The SMILES string of the molecule is CC/C=C/C=C/C=C/CCCCCCCC(=O)OC(COC(=O)CCCCCCCCCCCCC/C=C/C/C=C/C/C=C/CC)CO[C@H]1O[C@@H](CO)[C@@H](O)C(O)C1O. The summed E-state index contributed by atoms with van der Waals surface area (Å²) in [5, 5.41) is 40.1. The van der Waals surface area contributed by atoms with Gasteiger partial charge in [0.1, 0.15) is 31.0 Å². The lowest BCUT2D eigenvalue weighted by Crippen LogP contribution is -2.59. The summed E-state index contributed by atoms with van der Waals surface area (Å²) in [6, 6.07) is 0. The van der Waals surface area contributed by atoms with Crippen LogP contribution >= 0.6 is 0 Å². The maximum atomic E-state index is 12.8. The first kappa shape index (κ1) is 54.2. The summed E-state index contributed by atoms with van der Waals surface area (Å²) in [4.78, 5) is 25.3. The normalized spacial score (nSPS) is 20.7. The smallest absolute Gasteiger partial charge is 0.306 e. The molecule has 0 aliphatic carbocycles. The van der Waals surface area contributed by atoms with Crippen LogP contribution in [-0.4, -0.2) is 89.0 Å². The third-order valence-electron chi connectivity index (χ3n) is 10.1. The molecule has 1 fully saturated rings. The fraction of sp³-hybridized carbons (Fsp3) is 0.714. The van der Waals surface area contributed by atoms with Crippen LogP contribution in [-0.2, 0) is 28.5 Å². The van der Waals surface area contributed by atoms with Gasteiger partial charge in [0.2, 0.25) is 0 Å². The van der Waals surface area contributed by atoms with Gasteiger partial charge in [0.25, 0.3) is 0 Å². The van der Waals surface area contributed by atoms with Gasteiger partial charge in [-0.3, -0.25) is 9.59 Å². The van der Waals surface area contributed by atoms with Gasteiger partial charge >= 0.3 is 11.9 Å². The van der Waals surface area contributed by atoms with Crippen molar-refractivity contribution in [3.8, 4) is 0 Å². The maximum Gasteiger partial charge on any atom is 0.306 e. The molecule has 4 N–H and O–H groups in total. The van der Waals surface area contributed by atoms with E-state index in [1.807, 2.05) is 18.2 Å². The Kier molecular flexibility index (Phi) is 36.1. The molecule has 59 heavy (non-hydrogen) atoms. The quantitative estimate of drug-likeness (QED) is 0.0206. The lowest BCUT2D eigenvalue weighted by Gasteiger charge is -2.39. The minimum atomic E-state index is -1.60. The number of aliphatic hydroxyl groups is 4. The van der Waals surface area contributed by atoms with Gasteiger partial charge in [-0.1, -0.05) is 164 Å². The van der Waals surface area contributed by atoms with Crippen LogP contribution in [0.4, 0.5) is 0 Å². The fourth-order valence-electron chi connectivity index (χ4n) is 6.55. The van der Waals surface area contributed by atoms with Crippen LogP contribution in [0.3, 0.4) is 0 Å². The number of ether oxygens (including phenoxy) is 4. The molecule has 0 aromatic carbocycles. The van der Waals surface area contributed by atoms with E-state index in [-0.39, 0.29) is 32.0 Å². The second kappa shape index (κ2) is 39.3. The summed E-state index contributed by atoms with van der Waals surface area (Å²) >= 11 is 0. The van der Waals surface area contributed by atoms with Crippen LogP contribution < -0.4 is 0 Å². The first-order valence-electron chi connectivity index (χ1n) is 23.0. The highest BCUT2D eigenvalue weighted by atomic mass is 16.7. The van der Waals surface area contributed by atoms with Crippen molar-refractivity contribution < 1.29 is 49.0 Å². The Bertz CT molecular complexity index is 1190. The summed E-state index contributed by atoms with van der Waals surface area (Å²) in [5.41, 5.74) is 0. The molecule has 0 bridgehead atoms. The zero-order valence-electron chi connectivity index (χ0n) is 36.7. The Hall–Kier alpha value is -2.86. The number of unbranched alkanes of at least 4 members (excludes halogenated alkanes) is 16. The van der Waals surface area contributed by atoms with E-state index in [2.05, 4.69) is 68.5 Å². The topological polar surface area (TPSA) is 152 Å². The number of allylic oxidation sites excluding steroid dienone is 12. The summed E-state index contributed by atoms with van der Waals surface area (Å²) in [6.07, 6.45) is 42.0. The number of hydrogen-bond donors (Lipinski definition) is 4. The van der Waals surface area contributed by atoms with Crippen molar-refractivity contribution in [3.63, 3.8) is 0 Å². The van der Waals surface area contributed by atoms with Crippen LogP contribution in [0.15, 0.2) is 72.9 Å². The van der Waals surface area contributed by atoms with E-state index >= 15 is 0 Å². The zero-order valence-corrected chi connectivity index (χ0v) is 36.7. The average molecular weight is 831 g/mol. The van der Waals surface area contributed by atoms with Gasteiger partial charge in [0, 0.05) is 12.8 Å². The summed E-state index contributed by atoms with van der Waals surface area (Å²) in [6.45, 7) is 3.15. The van der Waals surface area contributed by atoms with Crippen molar-refractivity contribution in [2.75, 3.05) is 19.8 Å². The molecule has 1 rings (SSSR count). The lowest BCUT2D eigenvalue weighted by atomic mass is 9.99. The molecule has 1 heterocycles. The molecule has 0 aromatic rings. The molecule has 0 aromatic heterocycles. The molecule has 0 saturated carbocycles. The Morgan fingerprint density at radius 3 is 1.61 bits per heavy atom. The van der Waals surface area contributed by atoms with Gasteiger partial charge in [0.05, 0.1) is 13.2 Å². The Labute approximate surface area is 357 Å². The first-order valence-corrected chi connectivity index (χ1v) is 23.0. The van der Waals surface area contributed by atoms with E-state index in [0.717, 1.165) is 83.5 Å². The molecule has 0 amide bonds. The molecule has 1 saturated heterocycles. The predicted molar refractivity (Wildman–Crippen MR) is 238 cm³/mol. The minimum absolute atomic E-state index is 0.203. The van der Waals surface area contributed by atoms with Crippen LogP contribution in [0.5, 0.6) is 0 Å². The van der Waals surface area contributed by atoms with Crippen molar-refractivity contribution in [3.05, 3.63) is 72.9 Å². The van der Waals surface area contributed by atoms with Gasteiger partial charge in [-0.25, -0.2) is 0 Å². The van der Waals surface area contributed by atoms with Crippen LogP contribution in [0, 0.1) is 0 Å². The molecule has 0 spiro atoms. The van der Waals surface area contributed by atoms with Gasteiger partial charge in [-0.05, 0) is 64.2 Å². The molecule has 10 nitrogen and oxygen atoms in total. The highest BCUT2D eigenvalue weighted by Crippen LogP contribution is 2.22. The summed E-state index contributed by atoms with van der Waals surface area (Å²) < 4.78 is 22.1. The van der Waals surface area contributed by atoms with E-state index in [4.69, 9.17) is 18.9 Å². The number of hydrogen-bond acceptors (Lipinski definition) is 10. The molecule has 338 valence electrons. The maximum absolute atomic E-state index is 12.8. The molecular weight excluding hydrogens is 749 g/mol. The van der Waals surface area contributed by atoms with E-state index in [1.165, 1.54) is 51.4 Å². The molecule has 3 unspecified atom stereocenters. The molecular formula is C49H82O10. The fourth-order valence-corrected chi connectivity index (χ4v) is 6.55. The Morgan fingerprint density at radius 1 is 0.542 bits per heavy atom. The average Bonchev–Trinajstić information content (AvgIpc) is 3.23. The largest absolute Gasteiger partial charge is 0.462 e. The van der Waals surface area contributed by atoms with Crippen molar-refractivity contribution in [2.45, 2.75) is 205 Å². The van der Waals surface area contributed by atoms with E-state index in [0.29, 0.717) is 6.42 Å². The second-order valence-electron chi connectivity index (χ2n) is 15.5. The molecule has 10 heteroatoms. The van der Waals surface area contributed by atoms with Gasteiger partial charge in [0.15, 0.2) is 12.4 Å². The highest BCUT2D eigenvalue weighted by Gasteiger charge is 2.44. The predicted octanol–water partition coefficient (Wildman–Crippen LogP) is 10.00. The van der Waals surface area contributed by atoms with Gasteiger partial charge < -0.3 is 39.4 Å². The van der Waals surface area contributed by atoms with Crippen LogP contribution in [0.25, 0.3) is 0 Å². The van der Waals surface area contributed by atoms with E-state index in [1.54, 1.807) is 0 Å². The van der Waals surface area contributed by atoms with Crippen LogP contribution in [0.2, 0.25) is 0 Å². The summed E-state index contributed by atoms with van der Waals surface area (Å²) in [7, 11) is 0. The standard InChI is InChI=1S/C49H82O10/c1-3-5-7-9-11-13-15-17-18-19-20-21-22-23-24-26-27-29-31-33-35-37-44(51)56-40-42(41-57-49-48(55)47(54)46(53)43(39-50)59-49)58-45(52)38-36-34-32-30-28-25-16-14-12-10-8-6-4-2/h5-8,10-14,16-18,42-43,46-50,53-55H,3-4,9,15,19-41H2,1-2H3/b7-5+,8-6+,12-10+,13-11+,16-14+,18-17+/t42?,43-,46+,47?,48?,49-/m0/s1. The number of esters is 2. The third kappa shape index (κ3) is 30.8. The van der Waals surface area contributed by atoms with Crippen molar-refractivity contribution in [1.82, 2.24) is 0 Å². The monoisotopic (exact) mass is 831 g/mol. The molecule has 1 aliphatic heterocycles. The van der Waals surface area contributed by atoms with Gasteiger partial charge in [-0.15, -0.1) is 0 Å². The molecule has 0 radical (unpaired) electrons.